The van der Waals surface area contributed by atoms with Crippen LogP contribution >= 0.6 is 0 Å². The molecule has 0 aliphatic rings. The molecule has 0 aromatic carbocycles. The van der Waals surface area contributed by atoms with Crippen molar-refractivity contribution >= 4 is 11.9 Å². The van der Waals surface area contributed by atoms with Crippen molar-refractivity contribution in [3.05, 3.63) is 18.2 Å². The van der Waals surface area contributed by atoms with Crippen molar-refractivity contribution in [2.45, 2.75) is 26.4 Å². The van der Waals surface area contributed by atoms with E-state index >= 15 is 0 Å². The van der Waals surface area contributed by atoms with E-state index in [9.17, 15) is 9.59 Å². The summed E-state index contributed by atoms with van der Waals surface area (Å²) in [5, 5.41) is 8.78. The van der Waals surface area contributed by atoms with Crippen LogP contribution in [0.2, 0.25) is 0 Å². The van der Waals surface area contributed by atoms with Crippen molar-refractivity contribution in [3.63, 3.8) is 0 Å². The Kier molecular flexibility index (Phi) is 5.31. The molecule has 18 heavy (non-hydrogen) atoms. The highest BCUT2D eigenvalue weighted by atomic mass is 16.4. The number of nitrogens with zero attached hydrogens (tertiary/aromatic N) is 3. The van der Waals surface area contributed by atoms with Gasteiger partial charge in [0.05, 0.1) is 25.1 Å². The normalized spacial score (nSPS) is 10.8. The van der Waals surface area contributed by atoms with Crippen LogP contribution in [0.15, 0.2) is 12.5 Å². The molecule has 0 aliphatic heterocycles. The summed E-state index contributed by atoms with van der Waals surface area (Å²) in [5.74, 6) is -1.53. The number of primary amides is 1. The third-order valence-corrected chi connectivity index (χ3v) is 2.39. The van der Waals surface area contributed by atoms with Crippen molar-refractivity contribution in [3.8, 4) is 0 Å². The van der Waals surface area contributed by atoms with E-state index in [-0.39, 0.29) is 13.1 Å². The molecule has 100 valence electrons. The van der Waals surface area contributed by atoms with Crippen molar-refractivity contribution < 1.29 is 14.7 Å². The highest BCUT2D eigenvalue weighted by Gasteiger charge is 2.14. The van der Waals surface area contributed by atoms with Crippen LogP contribution in [0.1, 0.15) is 19.0 Å². The highest BCUT2D eigenvalue weighted by Crippen LogP contribution is 2.05. The molecule has 1 amide bonds. The van der Waals surface area contributed by atoms with Gasteiger partial charge >= 0.3 is 5.97 Å². The number of carboxylic acids is 1. The zero-order chi connectivity index (χ0) is 13.5. The minimum atomic E-state index is -0.988. The van der Waals surface area contributed by atoms with Crippen molar-refractivity contribution in [1.29, 1.82) is 0 Å². The first-order valence-corrected chi connectivity index (χ1v) is 5.74. The molecule has 0 unspecified atom stereocenters. The third kappa shape index (κ3) is 4.54. The summed E-state index contributed by atoms with van der Waals surface area (Å²) in [6, 6.07) is 0. The number of carbonyl (C=O) groups excluding carboxylic acids is 1. The molecule has 7 heteroatoms. The van der Waals surface area contributed by atoms with Gasteiger partial charge in [0.15, 0.2) is 0 Å². The molecular formula is C11H18N4O3. The molecule has 0 radical (unpaired) electrons. The first kappa shape index (κ1) is 14.2. The molecule has 0 bridgehead atoms. The Labute approximate surface area is 105 Å². The van der Waals surface area contributed by atoms with Crippen LogP contribution in [0.5, 0.6) is 0 Å². The van der Waals surface area contributed by atoms with E-state index in [0.29, 0.717) is 6.54 Å². The summed E-state index contributed by atoms with van der Waals surface area (Å²) in [4.78, 5) is 27.1. The molecular weight excluding hydrogens is 236 g/mol. The lowest BCUT2D eigenvalue weighted by Crippen LogP contribution is -2.37. The smallest absolute Gasteiger partial charge is 0.317 e. The average Bonchev–Trinajstić information content (AvgIpc) is 2.64. The second-order valence-corrected chi connectivity index (χ2v) is 4.08. The SMILES string of the molecule is CCCn1cncc1CN(CC(N)=O)CC(=O)O. The molecule has 0 aliphatic carbocycles. The topological polar surface area (TPSA) is 101 Å². The summed E-state index contributed by atoms with van der Waals surface area (Å²) in [6.45, 7) is 2.90. The van der Waals surface area contributed by atoms with Gasteiger partial charge in [0.1, 0.15) is 0 Å². The number of aryl methyl sites for hydroxylation is 1. The summed E-state index contributed by atoms with van der Waals surface area (Å²) in [6.07, 6.45) is 4.33. The lowest BCUT2D eigenvalue weighted by molar-refractivity contribution is -0.138. The van der Waals surface area contributed by atoms with Gasteiger partial charge in [-0.2, -0.15) is 0 Å². The minimum Gasteiger partial charge on any atom is -0.480 e. The van der Waals surface area contributed by atoms with Crippen LogP contribution < -0.4 is 5.73 Å². The van der Waals surface area contributed by atoms with Gasteiger partial charge < -0.3 is 15.4 Å². The zero-order valence-corrected chi connectivity index (χ0v) is 10.4. The molecule has 3 N–H and O–H groups in total. The maximum absolute atomic E-state index is 10.9. The Morgan fingerprint density at radius 3 is 2.78 bits per heavy atom. The Morgan fingerprint density at radius 2 is 2.22 bits per heavy atom. The zero-order valence-electron chi connectivity index (χ0n) is 10.4. The maximum Gasteiger partial charge on any atom is 0.317 e. The molecule has 0 spiro atoms. The van der Waals surface area contributed by atoms with E-state index < -0.39 is 11.9 Å². The second-order valence-electron chi connectivity index (χ2n) is 4.08. The summed E-state index contributed by atoms with van der Waals surface area (Å²) < 4.78 is 1.94. The number of amides is 1. The number of rotatable bonds is 8. The molecule has 0 saturated carbocycles. The van der Waals surface area contributed by atoms with Crippen molar-refractivity contribution in [1.82, 2.24) is 14.5 Å². The van der Waals surface area contributed by atoms with E-state index in [1.54, 1.807) is 12.5 Å². The number of hydrogen-bond acceptors (Lipinski definition) is 4. The molecule has 1 rings (SSSR count). The number of carboxylic acid groups (broad SMARTS) is 1. The van der Waals surface area contributed by atoms with E-state index in [2.05, 4.69) is 4.98 Å². The Balaban J connectivity index is 2.71. The van der Waals surface area contributed by atoms with Gasteiger partial charge in [0, 0.05) is 19.3 Å². The number of aromatic nitrogens is 2. The van der Waals surface area contributed by atoms with Crippen LogP contribution in [0, 0.1) is 0 Å². The predicted octanol–water partition coefficient (Wildman–Crippen LogP) is -0.335. The molecule has 1 heterocycles. The van der Waals surface area contributed by atoms with Crippen LogP contribution in [0.4, 0.5) is 0 Å². The number of nitrogens with two attached hydrogens (primary N) is 1. The number of hydrogen-bond donors (Lipinski definition) is 2. The first-order chi connectivity index (χ1) is 8.52. The van der Waals surface area contributed by atoms with E-state index in [0.717, 1.165) is 18.7 Å². The van der Waals surface area contributed by atoms with Crippen molar-refractivity contribution in [2.75, 3.05) is 13.1 Å². The van der Waals surface area contributed by atoms with Crippen LogP contribution in [0.25, 0.3) is 0 Å². The minimum absolute atomic E-state index is 0.0798. The van der Waals surface area contributed by atoms with Gasteiger partial charge in [-0.15, -0.1) is 0 Å². The van der Waals surface area contributed by atoms with Gasteiger partial charge in [-0.25, -0.2) is 4.98 Å². The Morgan fingerprint density at radius 1 is 1.50 bits per heavy atom. The van der Waals surface area contributed by atoms with E-state index in [1.165, 1.54) is 4.90 Å². The highest BCUT2D eigenvalue weighted by molar-refractivity contribution is 5.77. The fourth-order valence-corrected chi connectivity index (χ4v) is 1.73. The fraction of sp³-hybridized carbons (Fsp3) is 0.545. The maximum atomic E-state index is 10.9. The number of carbonyl (C=O) groups is 2. The van der Waals surface area contributed by atoms with Gasteiger partial charge in [-0.3, -0.25) is 14.5 Å². The molecule has 1 aromatic heterocycles. The predicted molar refractivity (Wildman–Crippen MR) is 64.6 cm³/mol. The van der Waals surface area contributed by atoms with Gasteiger partial charge in [-0.1, -0.05) is 6.92 Å². The first-order valence-electron chi connectivity index (χ1n) is 5.74. The lowest BCUT2D eigenvalue weighted by atomic mass is 10.3. The van der Waals surface area contributed by atoms with Crippen LogP contribution in [-0.4, -0.2) is 44.5 Å². The van der Waals surface area contributed by atoms with Crippen LogP contribution in [-0.2, 0) is 22.7 Å². The standard InChI is InChI=1S/C11H18N4O3/c1-2-3-15-8-13-4-9(15)5-14(6-10(12)16)7-11(17)18/h4,8H,2-3,5-7H2,1H3,(H2,12,16)(H,17,18). The summed E-state index contributed by atoms with van der Waals surface area (Å²) in [5.41, 5.74) is 5.97. The number of imidazole rings is 1. The van der Waals surface area contributed by atoms with Crippen LogP contribution in [0.3, 0.4) is 0 Å². The van der Waals surface area contributed by atoms with Gasteiger partial charge in [0.2, 0.25) is 5.91 Å². The van der Waals surface area contributed by atoms with E-state index in [1.807, 2.05) is 11.5 Å². The number of aliphatic carboxylic acids is 1. The molecule has 7 nitrogen and oxygen atoms in total. The monoisotopic (exact) mass is 254 g/mol. The quantitative estimate of drug-likeness (QED) is 0.661. The molecule has 1 aromatic rings. The molecule has 0 atom stereocenters. The summed E-state index contributed by atoms with van der Waals surface area (Å²) >= 11 is 0. The van der Waals surface area contributed by atoms with Gasteiger partial charge in [-0.05, 0) is 6.42 Å². The Bertz CT molecular complexity index is 400. The largest absolute Gasteiger partial charge is 0.480 e. The van der Waals surface area contributed by atoms with Gasteiger partial charge in [0.25, 0.3) is 0 Å². The second kappa shape index (κ2) is 6.75. The van der Waals surface area contributed by atoms with Crippen molar-refractivity contribution in [2.24, 2.45) is 5.73 Å². The molecule has 0 fully saturated rings. The third-order valence-electron chi connectivity index (χ3n) is 2.39. The molecule has 0 saturated heterocycles. The van der Waals surface area contributed by atoms with E-state index in [4.69, 9.17) is 10.8 Å². The lowest BCUT2D eigenvalue weighted by Gasteiger charge is -2.19. The Hall–Kier alpha value is -1.89. The summed E-state index contributed by atoms with van der Waals surface area (Å²) in [7, 11) is 0. The average molecular weight is 254 g/mol. The fourth-order valence-electron chi connectivity index (χ4n) is 1.73.